The van der Waals surface area contributed by atoms with Crippen LogP contribution in [0.5, 0.6) is 0 Å². The highest BCUT2D eigenvalue weighted by molar-refractivity contribution is 6.32. The second kappa shape index (κ2) is 15.2. The number of nitrogen functional groups attached to an aromatic ring is 1. The number of esters is 1. The first-order valence-electron chi connectivity index (χ1n) is 15.9. The van der Waals surface area contributed by atoms with Gasteiger partial charge < -0.3 is 20.7 Å². The Bertz CT molecular complexity index is 1400. The predicted molar refractivity (Wildman–Crippen MR) is 176 cm³/mol. The quantitative estimate of drug-likeness (QED) is 0.286. The van der Waals surface area contributed by atoms with Crippen LogP contribution in [0.1, 0.15) is 87.0 Å². The number of piperazine rings is 1. The standard InChI is InChI=1S/C33H47ClN8O3/c1-6-25-21-41(16-17-42(25)26-11-14-40(15-12-26)20-23-10-9-22(2)18-24(23)19-35)31-29(34)38-28(30(36)39-31)32(44)37-13-7-8-27(43)45-33(3,4)5/h9-10,18,25-26H,6-8,11-17,20-21H2,1-5H3,(H2,36,39)(H,37,44)/t25-/m0/s1. The molecule has 12 heteroatoms. The molecule has 3 N–H and O–H groups in total. The number of nitrogens with one attached hydrogen (secondary N) is 1. The maximum absolute atomic E-state index is 12.8. The number of nitriles is 1. The summed E-state index contributed by atoms with van der Waals surface area (Å²) in [5, 5.41) is 12.4. The van der Waals surface area contributed by atoms with Crippen molar-refractivity contribution in [3.8, 4) is 6.07 Å². The van der Waals surface area contributed by atoms with Gasteiger partial charge in [0.15, 0.2) is 22.5 Å². The van der Waals surface area contributed by atoms with Gasteiger partial charge in [0.25, 0.3) is 5.91 Å². The first kappa shape index (κ1) is 34.4. The molecule has 2 saturated heterocycles. The van der Waals surface area contributed by atoms with Crippen LogP contribution in [0.15, 0.2) is 18.2 Å². The van der Waals surface area contributed by atoms with Crippen molar-refractivity contribution < 1.29 is 14.3 Å². The van der Waals surface area contributed by atoms with Crippen LogP contribution < -0.4 is 16.0 Å². The number of carbonyl (C=O) groups is 2. The molecule has 0 unspecified atom stereocenters. The summed E-state index contributed by atoms with van der Waals surface area (Å²) in [5.74, 6) is -0.274. The summed E-state index contributed by atoms with van der Waals surface area (Å²) in [6, 6.07) is 9.31. The van der Waals surface area contributed by atoms with E-state index in [4.69, 9.17) is 22.1 Å². The van der Waals surface area contributed by atoms with Gasteiger partial charge in [0.05, 0.1) is 11.6 Å². The van der Waals surface area contributed by atoms with Gasteiger partial charge in [-0.25, -0.2) is 9.97 Å². The number of anilines is 2. The summed E-state index contributed by atoms with van der Waals surface area (Å²) in [4.78, 5) is 40.7. The lowest BCUT2D eigenvalue weighted by Crippen LogP contribution is -2.58. The maximum atomic E-state index is 12.8. The number of halogens is 1. The topological polar surface area (TPSA) is 141 Å². The minimum Gasteiger partial charge on any atom is -0.460 e. The Hall–Kier alpha value is -3.46. The number of rotatable bonds is 10. The fourth-order valence-corrected chi connectivity index (χ4v) is 6.43. The molecular formula is C33H47ClN8O3. The molecule has 0 bridgehead atoms. The third-order valence-electron chi connectivity index (χ3n) is 8.45. The third kappa shape index (κ3) is 9.28. The average molecular weight is 639 g/mol. The largest absolute Gasteiger partial charge is 0.460 e. The van der Waals surface area contributed by atoms with E-state index < -0.39 is 11.5 Å². The second-order valence-corrected chi connectivity index (χ2v) is 13.4. The van der Waals surface area contributed by atoms with Crippen LogP contribution >= 0.6 is 11.6 Å². The van der Waals surface area contributed by atoms with Crippen molar-refractivity contribution >= 4 is 35.1 Å². The minimum atomic E-state index is -0.544. The Kier molecular flexibility index (Phi) is 11.6. The number of nitrogens with two attached hydrogens (primary N) is 1. The van der Waals surface area contributed by atoms with Crippen LogP contribution in [0.3, 0.4) is 0 Å². The number of carbonyl (C=O) groups excluding carboxylic acids is 2. The SMILES string of the molecule is CC[C@H]1CN(c2nc(N)c(C(=O)NCCCC(=O)OC(C)(C)C)nc2Cl)CCN1C1CCN(Cc2ccc(C)cc2C#N)CC1. The van der Waals surface area contributed by atoms with Crippen molar-refractivity contribution in [2.45, 2.75) is 91.0 Å². The van der Waals surface area contributed by atoms with E-state index in [2.05, 4.69) is 55.1 Å². The molecule has 2 aliphatic rings. The van der Waals surface area contributed by atoms with E-state index in [0.29, 0.717) is 24.3 Å². The van der Waals surface area contributed by atoms with E-state index in [1.165, 1.54) is 0 Å². The Balaban J connectivity index is 1.29. The molecule has 2 aromatic rings. The van der Waals surface area contributed by atoms with Crippen LogP contribution in [0, 0.1) is 18.3 Å². The van der Waals surface area contributed by atoms with Crippen molar-refractivity contribution in [1.82, 2.24) is 25.1 Å². The summed E-state index contributed by atoms with van der Waals surface area (Å²) in [6.45, 7) is 15.1. The second-order valence-electron chi connectivity index (χ2n) is 13.0. The molecule has 1 atom stereocenters. The van der Waals surface area contributed by atoms with Crippen LogP contribution in [-0.2, 0) is 16.1 Å². The summed E-state index contributed by atoms with van der Waals surface area (Å²) < 4.78 is 5.30. The third-order valence-corrected chi connectivity index (χ3v) is 8.70. The fraction of sp³-hybridized carbons (Fsp3) is 0.606. The molecule has 2 fully saturated rings. The number of aromatic nitrogens is 2. The molecular weight excluding hydrogens is 592 g/mol. The zero-order valence-electron chi connectivity index (χ0n) is 27.2. The van der Waals surface area contributed by atoms with Gasteiger partial charge in [-0.05, 0) is 83.7 Å². The maximum Gasteiger partial charge on any atom is 0.306 e. The molecule has 1 aromatic carbocycles. The van der Waals surface area contributed by atoms with Gasteiger partial charge in [-0.1, -0.05) is 30.7 Å². The summed E-state index contributed by atoms with van der Waals surface area (Å²) in [6.07, 6.45) is 3.77. The van der Waals surface area contributed by atoms with Gasteiger partial charge in [-0.3, -0.25) is 19.4 Å². The van der Waals surface area contributed by atoms with Crippen LogP contribution in [0.4, 0.5) is 11.6 Å². The molecule has 0 saturated carbocycles. The van der Waals surface area contributed by atoms with Crippen LogP contribution in [0.2, 0.25) is 5.15 Å². The number of hydrogen-bond donors (Lipinski definition) is 2. The number of aryl methyl sites for hydroxylation is 1. The molecule has 11 nitrogen and oxygen atoms in total. The molecule has 2 aliphatic heterocycles. The molecule has 4 rings (SSSR count). The molecule has 0 aliphatic carbocycles. The zero-order chi connectivity index (χ0) is 32.7. The van der Waals surface area contributed by atoms with Crippen LogP contribution in [-0.4, -0.2) is 88.6 Å². The molecule has 1 aromatic heterocycles. The lowest BCUT2D eigenvalue weighted by atomic mass is 9.97. The lowest BCUT2D eigenvalue weighted by Gasteiger charge is -2.47. The summed E-state index contributed by atoms with van der Waals surface area (Å²) >= 11 is 6.58. The first-order chi connectivity index (χ1) is 21.4. The van der Waals surface area contributed by atoms with Crippen LogP contribution in [0.25, 0.3) is 0 Å². The van der Waals surface area contributed by atoms with E-state index in [1.807, 2.05) is 33.8 Å². The number of amides is 1. The smallest absolute Gasteiger partial charge is 0.306 e. The molecule has 3 heterocycles. The van der Waals surface area contributed by atoms with Gasteiger partial charge >= 0.3 is 5.97 Å². The first-order valence-corrected chi connectivity index (χ1v) is 16.3. The number of nitrogens with zero attached hydrogens (tertiary/aromatic N) is 6. The monoisotopic (exact) mass is 638 g/mol. The Morgan fingerprint density at radius 1 is 1.18 bits per heavy atom. The van der Waals surface area contributed by atoms with E-state index in [9.17, 15) is 14.9 Å². The van der Waals surface area contributed by atoms with Crippen molar-refractivity contribution in [2.75, 3.05) is 49.9 Å². The van der Waals surface area contributed by atoms with Gasteiger partial charge in [0, 0.05) is 51.2 Å². The highest BCUT2D eigenvalue weighted by Crippen LogP contribution is 2.30. The molecule has 244 valence electrons. The Morgan fingerprint density at radius 2 is 1.91 bits per heavy atom. The van der Waals surface area contributed by atoms with E-state index >= 15 is 0 Å². The fourth-order valence-electron chi connectivity index (χ4n) is 6.19. The van der Waals surface area contributed by atoms with Gasteiger partial charge in [0.1, 0.15) is 5.60 Å². The number of benzene rings is 1. The number of hydrogen-bond acceptors (Lipinski definition) is 10. The highest BCUT2D eigenvalue weighted by Gasteiger charge is 2.34. The molecule has 0 spiro atoms. The van der Waals surface area contributed by atoms with Crippen molar-refractivity contribution in [3.63, 3.8) is 0 Å². The van der Waals surface area contributed by atoms with Crippen molar-refractivity contribution in [3.05, 3.63) is 45.7 Å². The van der Waals surface area contributed by atoms with Gasteiger partial charge in [-0.15, -0.1) is 0 Å². The average Bonchev–Trinajstić information content (AvgIpc) is 3.00. The zero-order valence-corrected chi connectivity index (χ0v) is 28.0. The number of likely N-dealkylation sites (tertiary alicyclic amines) is 1. The van der Waals surface area contributed by atoms with Crippen molar-refractivity contribution in [1.29, 1.82) is 5.26 Å². The van der Waals surface area contributed by atoms with E-state index in [-0.39, 0.29) is 35.6 Å². The predicted octanol–water partition coefficient (Wildman–Crippen LogP) is 4.31. The van der Waals surface area contributed by atoms with Crippen molar-refractivity contribution in [2.24, 2.45) is 0 Å². The van der Waals surface area contributed by atoms with Gasteiger partial charge in [0.2, 0.25) is 0 Å². The summed E-state index contributed by atoms with van der Waals surface area (Å²) in [5.41, 5.74) is 8.61. The molecule has 0 radical (unpaired) electrons. The van der Waals surface area contributed by atoms with E-state index in [0.717, 1.165) is 75.2 Å². The lowest BCUT2D eigenvalue weighted by molar-refractivity contribution is -0.154. The normalized spacial score (nSPS) is 18.4. The Labute approximate surface area is 272 Å². The number of piperidine rings is 1. The minimum absolute atomic E-state index is 0.0222. The molecule has 1 amide bonds. The Morgan fingerprint density at radius 3 is 2.58 bits per heavy atom. The molecule has 45 heavy (non-hydrogen) atoms. The van der Waals surface area contributed by atoms with Gasteiger partial charge in [-0.2, -0.15) is 5.26 Å². The summed E-state index contributed by atoms with van der Waals surface area (Å²) in [7, 11) is 0. The van der Waals surface area contributed by atoms with E-state index in [1.54, 1.807) is 0 Å². The number of ether oxygens (including phenoxy) is 1. The highest BCUT2D eigenvalue weighted by atomic mass is 35.5.